The first kappa shape index (κ1) is 13.0. The molecule has 0 aliphatic rings. The summed E-state index contributed by atoms with van der Waals surface area (Å²) >= 11 is 0. The summed E-state index contributed by atoms with van der Waals surface area (Å²) in [5.41, 5.74) is 0.521. The molecule has 0 rings (SSSR count). The van der Waals surface area contributed by atoms with Gasteiger partial charge in [0.05, 0.1) is 0 Å². The number of hydrogen-bond acceptors (Lipinski definition) is 0. The van der Waals surface area contributed by atoms with Crippen molar-refractivity contribution in [3.05, 3.63) is 0 Å². The van der Waals surface area contributed by atoms with Crippen LogP contribution in [0, 0.1) is 11.3 Å². The van der Waals surface area contributed by atoms with Gasteiger partial charge in [-0.05, 0) is 17.8 Å². The van der Waals surface area contributed by atoms with Crippen LogP contribution >= 0.6 is 0 Å². The smallest absolute Gasteiger partial charge is 0.0380 e. The van der Waals surface area contributed by atoms with Crippen LogP contribution < -0.4 is 0 Å². The highest BCUT2D eigenvalue weighted by Crippen LogP contribution is 2.30. The van der Waals surface area contributed by atoms with Crippen LogP contribution in [0.15, 0.2) is 0 Å². The lowest BCUT2D eigenvalue weighted by atomic mass is 9.80. The minimum Gasteiger partial charge on any atom is -0.0654 e. The van der Waals surface area contributed by atoms with Gasteiger partial charge in [-0.1, -0.05) is 66.7 Å². The highest BCUT2D eigenvalue weighted by molar-refractivity contribution is 4.69. The van der Waals surface area contributed by atoms with Crippen LogP contribution in [0.3, 0.4) is 0 Å². The van der Waals surface area contributed by atoms with Gasteiger partial charge in [-0.2, -0.15) is 0 Å². The van der Waals surface area contributed by atoms with Crippen LogP contribution in [-0.2, 0) is 0 Å². The molecule has 0 fully saturated rings. The van der Waals surface area contributed by atoms with Crippen LogP contribution in [0.5, 0.6) is 0 Å². The average molecular weight is 184 g/mol. The molecule has 0 N–H and O–H groups in total. The third kappa shape index (κ3) is 8.33. The molecular formula is C13H28. The third-order valence-electron chi connectivity index (χ3n) is 2.56. The molecule has 0 amide bonds. The van der Waals surface area contributed by atoms with Crippen molar-refractivity contribution in [3.8, 4) is 0 Å². The van der Waals surface area contributed by atoms with E-state index in [1.165, 1.54) is 38.5 Å². The molecule has 0 aliphatic heterocycles. The maximum atomic E-state index is 2.36. The fourth-order valence-electron chi connectivity index (χ4n) is 2.12. The van der Waals surface area contributed by atoms with Crippen LogP contribution in [0.4, 0.5) is 0 Å². The summed E-state index contributed by atoms with van der Waals surface area (Å²) in [7, 11) is 0. The molecule has 1 unspecified atom stereocenters. The largest absolute Gasteiger partial charge is 0.0654 e. The Morgan fingerprint density at radius 1 is 0.923 bits per heavy atom. The Labute approximate surface area is 85.1 Å². The van der Waals surface area contributed by atoms with Crippen molar-refractivity contribution >= 4 is 0 Å². The molecule has 80 valence electrons. The zero-order valence-corrected chi connectivity index (χ0v) is 10.3. The van der Waals surface area contributed by atoms with E-state index in [9.17, 15) is 0 Å². The Morgan fingerprint density at radius 3 is 1.92 bits per heavy atom. The number of rotatable bonds is 6. The molecule has 0 saturated heterocycles. The average Bonchev–Trinajstić information content (AvgIpc) is 1.98. The molecule has 0 radical (unpaired) electrons. The lowest BCUT2D eigenvalue weighted by Gasteiger charge is -2.25. The molecular weight excluding hydrogens is 156 g/mol. The van der Waals surface area contributed by atoms with E-state index < -0.39 is 0 Å². The summed E-state index contributed by atoms with van der Waals surface area (Å²) in [5.74, 6) is 0.977. The van der Waals surface area contributed by atoms with Crippen molar-refractivity contribution in [2.24, 2.45) is 11.3 Å². The van der Waals surface area contributed by atoms with Crippen LogP contribution in [0.2, 0.25) is 0 Å². The number of unbranched alkanes of at least 4 members (excludes halogenated alkanes) is 1. The quantitative estimate of drug-likeness (QED) is 0.543. The second-order valence-electron chi connectivity index (χ2n) is 5.56. The van der Waals surface area contributed by atoms with E-state index in [0.29, 0.717) is 5.41 Å². The monoisotopic (exact) mass is 184 g/mol. The van der Waals surface area contributed by atoms with Gasteiger partial charge < -0.3 is 0 Å². The molecule has 1 atom stereocenters. The molecule has 0 heterocycles. The van der Waals surface area contributed by atoms with Gasteiger partial charge in [0.15, 0.2) is 0 Å². The Morgan fingerprint density at radius 2 is 1.54 bits per heavy atom. The van der Waals surface area contributed by atoms with Crippen LogP contribution in [0.25, 0.3) is 0 Å². The first-order valence-corrected chi connectivity index (χ1v) is 5.99. The highest BCUT2D eigenvalue weighted by Gasteiger charge is 2.17. The molecule has 0 aromatic heterocycles. The van der Waals surface area contributed by atoms with E-state index in [4.69, 9.17) is 0 Å². The molecule has 13 heavy (non-hydrogen) atoms. The zero-order valence-electron chi connectivity index (χ0n) is 10.3. The normalized spacial score (nSPS) is 14.5. The molecule has 0 spiro atoms. The molecule has 0 bridgehead atoms. The van der Waals surface area contributed by atoms with Crippen molar-refractivity contribution in [1.29, 1.82) is 0 Å². The molecule has 0 saturated carbocycles. The van der Waals surface area contributed by atoms with E-state index in [1.54, 1.807) is 0 Å². The van der Waals surface area contributed by atoms with Gasteiger partial charge in [-0.25, -0.2) is 0 Å². The summed E-state index contributed by atoms with van der Waals surface area (Å²) in [5, 5.41) is 0. The topological polar surface area (TPSA) is 0 Å². The number of hydrogen-bond donors (Lipinski definition) is 0. The van der Waals surface area contributed by atoms with E-state index >= 15 is 0 Å². The van der Waals surface area contributed by atoms with Gasteiger partial charge in [-0.15, -0.1) is 0 Å². The van der Waals surface area contributed by atoms with Crippen LogP contribution in [0.1, 0.15) is 73.1 Å². The fraction of sp³-hybridized carbons (Fsp3) is 1.00. The second kappa shape index (κ2) is 6.45. The molecule has 0 aromatic rings. The van der Waals surface area contributed by atoms with Gasteiger partial charge in [0.1, 0.15) is 0 Å². The van der Waals surface area contributed by atoms with Gasteiger partial charge in [0, 0.05) is 0 Å². The standard InChI is InChI=1S/C13H28/c1-6-8-10-12(9-7-2)11-13(3,4)5/h12H,6-11H2,1-5H3. The van der Waals surface area contributed by atoms with E-state index in [1.807, 2.05) is 0 Å². The van der Waals surface area contributed by atoms with Crippen molar-refractivity contribution in [3.63, 3.8) is 0 Å². The summed E-state index contributed by atoms with van der Waals surface area (Å²) < 4.78 is 0. The van der Waals surface area contributed by atoms with Crippen molar-refractivity contribution in [1.82, 2.24) is 0 Å². The van der Waals surface area contributed by atoms with Gasteiger partial charge in [-0.3, -0.25) is 0 Å². The maximum absolute atomic E-state index is 2.36. The summed E-state index contributed by atoms with van der Waals surface area (Å²) in [6.07, 6.45) is 8.40. The Bertz CT molecular complexity index is 108. The predicted molar refractivity (Wildman–Crippen MR) is 62.0 cm³/mol. The minimum absolute atomic E-state index is 0.521. The highest BCUT2D eigenvalue weighted by atomic mass is 14.2. The first-order valence-electron chi connectivity index (χ1n) is 5.99. The van der Waals surface area contributed by atoms with Gasteiger partial charge in [0.2, 0.25) is 0 Å². The Kier molecular flexibility index (Phi) is 6.45. The lowest BCUT2D eigenvalue weighted by Crippen LogP contribution is -2.13. The van der Waals surface area contributed by atoms with E-state index in [2.05, 4.69) is 34.6 Å². The first-order chi connectivity index (χ1) is 5.99. The van der Waals surface area contributed by atoms with Crippen molar-refractivity contribution in [2.45, 2.75) is 73.1 Å². The molecule has 0 heteroatoms. The van der Waals surface area contributed by atoms with E-state index in [0.717, 1.165) is 5.92 Å². The van der Waals surface area contributed by atoms with Crippen molar-refractivity contribution < 1.29 is 0 Å². The second-order valence-corrected chi connectivity index (χ2v) is 5.56. The molecule has 0 aromatic carbocycles. The lowest BCUT2D eigenvalue weighted by molar-refractivity contribution is 0.265. The fourth-order valence-corrected chi connectivity index (χ4v) is 2.12. The Hall–Kier alpha value is 0. The molecule has 0 nitrogen and oxygen atoms in total. The summed E-state index contributed by atoms with van der Waals surface area (Å²) in [6.45, 7) is 11.7. The summed E-state index contributed by atoms with van der Waals surface area (Å²) in [4.78, 5) is 0. The third-order valence-corrected chi connectivity index (χ3v) is 2.56. The van der Waals surface area contributed by atoms with Gasteiger partial charge in [0.25, 0.3) is 0 Å². The maximum Gasteiger partial charge on any atom is -0.0380 e. The Balaban J connectivity index is 3.79. The van der Waals surface area contributed by atoms with Crippen molar-refractivity contribution in [2.75, 3.05) is 0 Å². The SMILES string of the molecule is CCCCC(CCC)CC(C)(C)C. The summed E-state index contributed by atoms with van der Waals surface area (Å²) in [6, 6.07) is 0. The van der Waals surface area contributed by atoms with Gasteiger partial charge >= 0.3 is 0 Å². The zero-order chi connectivity index (χ0) is 10.3. The minimum atomic E-state index is 0.521. The predicted octanol–water partition coefficient (Wildman–Crippen LogP) is 5.03. The van der Waals surface area contributed by atoms with E-state index in [-0.39, 0.29) is 0 Å². The van der Waals surface area contributed by atoms with Crippen LogP contribution in [-0.4, -0.2) is 0 Å². The molecule has 0 aliphatic carbocycles.